The Balaban J connectivity index is 1.63. The third kappa shape index (κ3) is 7.46. The van der Waals surface area contributed by atoms with Crippen LogP contribution in [0, 0.1) is 0 Å². The predicted octanol–water partition coefficient (Wildman–Crippen LogP) is 1.91. The Bertz CT molecular complexity index is 617. The van der Waals surface area contributed by atoms with Crippen LogP contribution in [0.15, 0.2) is 24.3 Å². The number of benzene rings is 1. The van der Waals surface area contributed by atoms with Gasteiger partial charge in [0.1, 0.15) is 11.4 Å². The monoisotopic (exact) mass is 377 g/mol. The zero-order chi connectivity index (χ0) is 19.9. The lowest BCUT2D eigenvalue weighted by Gasteiger charge is -2.35. The molecule has 1 aliphatic rings. The summed E-state index contributed by atoms with van der Waals surface area (Å²) in [6, 6.07) is 7.50. The number of nitrogens with one attached hydrogen (secondary N) is 1. The second-order valence-electron chi connectivity index (χ2n) is 7.68. The van der Waals surface area contributed by atoms with Gasteiger partial charge in [0.25, 0.3) is 0 Å². The smallest absolute Gasteiger partial charge is 0.410 e. The molecule has 2 amide bonds. The molecule has 1 aliphatic heterocycles. The van der Waals surface area contributed by atoms with E-state index in [9.17, 15) is 9.59 Å². The highest BCUT2D eigenvalue weighted by atomic mass is 16.6. The van der Waals surface area contributed by atoms with Crippen molar-refractivity contribution in [1.29, 1.82) is 0 Å². The van der Waals surface area contributed by atoms with E-state index in [4.69, 9.17) is 9.47 Å². The fourth-order valence-electron chi connectivity index (χ4n) is 2.83. The lowest BCUT2D eigenvalue weighted by molar-refractivity contribution is -0.120. The third-order valence-corrected chi connectivity index (χ3v) is 4.30. The van der Waals surface area contributed by atoms with Crippen LogP contribution in [-0.2, 0) is 16.0 Å². The average molecular weight is 377 g/mol. The fourth-order valence-corrected chi connectivity index (χ4v) is 2.83. The van der Waals surface area contributed by atoms with E-state index < -0.39 is 5.60 Å². The molecule has 0 aromatic heterocycles. The summed E-state index contributed by atoms with van der Waals surface area (Å²) in [5, 5.41) is 2.95. The molecular weight excluding hydrogens is 346 g/mol. The molecule has 1 aromatic carbocycles. The van der Waals surface area contributed by atoms with Crippen molar-refractivity contribution in [2.75, 3.05) is 46.4 Å². The van der Waals surface area contributed by atoms with Crippen molar-refractivity contribution < 1.29 is 19.1 Å². The Kier molecular flexibility index (Phi) is 7.47. The Labute approximate surface area is 161 Å². The molecule has 7 nitrogen and oxygen atoms in total. The van der Waals surface area contributed by atoms with Crippen molar-refractivity contribution in [3.8, 4) is 5.75 Å². The van der Waals surface area contributed by atoms with Crippen LogP contribution < -0.4 is 10.1 Å². The van der Waals surface area contributed by atoms with Crippen LogP contribution in [0.4, 0.5) is 4.79 Å². The number of carbonyl (C=O) groups is 2. The third-order valence-electron chi connectivity index (χ3n) is 4.30. The molecule has 1 N–H and O–H groups in total. The van der Waals surface area contributed by atoms with E-state index in [-0.39, 0.29) is 12.0 Å². The number of nitrogens with zero attached hydrogens (tertiary/aromatic N) is 2. The van der Waals surface area contributed by atoms with Gasteiger partial charge in [-0.2, -0.15) is 0 Å². The van der Waals surface area contributed by atoms with E-state index in [1.165, 1.54) is 0 Å². The number of piperazine rings is 1. The van der Waals surface area contributed by atoms with Gasteiger partial charge in [0, 0.05) is 39.3 Å². The van der Waals surface area contributed by atoms with Gasteiger partial charge in [-0.25, -0.2) is 4.79 Å². The molecule has 0 saturated carbocycles. The van der Waals surface area contributed by atoms with Gasteiger partial charge >= 0.3 is 6.09 Å². The van der Waals surface area contributed by atoms with Crippen LogP contribution in [0.3, 0.4) is 0 Å². The van der Waals surface area contributed by atoms with Crippen molar-refractivity contribution in [1.82, 2.24) is 15.1 Å². The number of carbonyl (C=O) groups excluding carboxylic acids is 2. The van der Waals surface area contributed by atoms with Gasteiger partial charge in [0.2, 0.25) is 5.91 Å². The van der Waals surface area contributed by atoms with Crippen LogP contribution in [0.5, 0.6) is 5.75 Å². The molecule has 27 heavy (non-hydrogen) atoms. The van der Waals surface area contributed by atoms with Gasteiger partial charge < -0.3 is 19.7 Å². The zero-order valence-corrected chi connectivity index (χ0v) is 16.8. The van der Waals surface area contributed by atoms with E-state index in [0.29, 0.717) is 26.1 Å². The molecule has 0 spiro atoms. The Morgan fingerprint density at radius 3 is 2.26 bits per heavy atom. The summed E-state index contributed by atoms with van der Waals surface area (Å²) >= 11 is 0. The van der Waals surface area contributed by atoms with E-state index in [2.05, 4.69) is 10.2 Å². The number of hydrogen-bond acceptors (Lipinski definition) is 5. The van der Waals surface area contributed by atoms with Gasteiger partial charge in [0.15, 0.2) is 0 Å². The van der Waals surface area contributed by atoms with Gasteiger partial charge in [0.05, 0.1) is 13.5 Å². The lowest BCUT2D eigenvalue weighted by Crippen LogP contribution is -2.51. The summed E-state index contributed by atoms with van der Waals surface area (Å²) in [6.45, 7) is 9.85. The maximum absolute atomic E-state index is 12.1. The first-order chi connectivity index (χ1) is 12.8. The summed E-state index contributed by atoms with van der Waals surface area (Å²) in [5.74, 6) is 0.789. The maximum Gasteiger partial charge on any atom is 0.410 e. The Morgan fingerprint density at radius 2 is 1.70 bits per heavy atom. The summed E-state index contributed by atoms with van der Waals surface area (Å²) in [6.07, 6.45) is 0.103. The van der Waals surface area contributed by atoms with Crippen molar-refractivity contribution in [2.45, 2.75) is 32.8 Å². The van der Waals surface area contributed by atoms with E-state index >= 15 is 0 Å². The lowest BCUT2D eigenvalue weighted by atomic mass is 10.1. The summed E-state index contributed by atoms with van der Waals surface area (Å²) in [4.78, 5) is 28.1. The standard InChI is InChI=1S/C20H31N3O4/c1-20(2,3)27-19(25)23-13-11-22(12-14-23)10-9-21-18(24)15-16-5-7-17(26-4)8-6-16/h5-8H,9-15H2,1-4H3,(H,21,24). The summed E-state index contributed by atoms with van der Waals surface area (Å²) < 4.78 is 10.5. The minimum atomic E-state index is -0.470. The predicted molar refractivity (Wildman–Crippen MR) is 104 cm³/mol. The van der Waals surface area contributed by atoms with Crippen LogP contribution in [-0.4, -0.2) is 73.8 Å². The molecule has 1 aromatic rings. The molecule has 0 unspecified atom stereocenters. The van der Waals surface area contributed by atoms with E-state index in [1.807, 2.05) is 45.0 Å². The largest absolute Gasteiger partial charge is 0.497 e. The summed E-state index contributed by atoms with van der Waals surface area (Å²) in [5.41, 5.74) is 0.488. The molecule has 0 atom stereocenters. The molecule has 2 rings (SSSR count). The quantitative estimate of drug-likeness (QED) is 0.820. The number of rotatable bonds is 6. The number of hydrogen-bond donors (Lipinski definition) is 1. The minimum absolute atomic E-state index is 0.00700. The molecular formula is C20H31N3O4. The molecule has 1 heterocycles. The van der Waals surface area contributed by atoms with Crippen molar-refractivity contribution in [3.05, 3.63) is 29.8 Å². The SMILES string of the molecule is COc1ccc(CC(=O)NCCN2CCN(C(=O)OC(C)(C)C)CC2)cc1. The number of amides is 2. The molecule has 7 heteroatoms. The highest BCUT2D eigenvalue weighted by Gasteiger charge is 2.25. The second-order valence-corrected chi connectivity index (χ2v) is 7.68. The van der Waals surface area contributed by atoms with E-state index in [1.54, 1.807) is 12.0 Å². The first-order valence-electron chi connectivity index (χ1n) is 9.37. The van der Waals surface area contributed by atoms with Gasteiger partial charge in [-0.05, 0) is 38.5 Å². The normalized spacial score (nSPS) is 15.3. The van der Waals surface area contributed by atoms with Gasteiger partial charge in [-0.3, -0.25) is 9.69 Å². The first kappa shape index (κ1) is 21.0. The Hall–Kier alpha value is -2.28. The second kappa shape index (κ2) is 9.60. The van der Waals surface area contributed by atoms with Crippen molar-refractivity contribution in [3.63, 3.8) is 0 Å². The van der Waals surface area contributed by atoms with Crippen LogP contribution in [0.1, 0.15) is 26.3 Å². The minimum Gasteiger partial charge on any atom is -0.497 e. The zero-order valence-electron chi connectivity index (χ0n) is 16.8. The molecule has 0 bridgehead atoms. The molecule has 150 valence electrons. The first-order valence-corrected chi connectivity index (χ1v) is 9.37. The van der Waals surface area contributed by atoms with Gasteiger partial charge in [-0.15, -0.1) is 0 Å². The highest BCUT2D eigenvalue weighted by molar-refractivity contribution is 5.78. The van der Waals surface area contributed by atoms with Crippen molar-refractivity contribution in [2.24, 2.45) is 0 Å². The maximum atomic E-state index is 12.1. The molecule has 0 radical (unpaired) electrons. The van der Waals surface area contributed by atoms with Crippen molar-refractivity contribution >= 4 is 12.0 Å². The number of methoxy groups -OCH3 is 1. The Morgan fingerprint density at radius 1 is 1.07 bits per heavy atom. The number of ether oxygens (including phenoxy) is 2. The molecule has 1 saturated heterocycles. The van der Waals surface area contributed by atoms with Gasteiger partial charge in [-0.1, -0.05) is 12.1 Å². The summed E-state index contributed by atoms with van der Waals surface area (Å²) in [7, 11) is 1.62. The average Bonchev–Trinajstić information content (AvgIpc) is 2.61. The fraction of sp³-hybridized carbons (Fsp3) is 0.600. The van der Waals surface area contributed by atoms with Crippen LogP contribution in [0.25, 0.3) is 0 Å². The van der Waals surface area contributed by atoms with E-state index in [0.717, 1.165) is 30.9 Å². The van der Waals surface area contributed by atoms with Crippen LogP contribution >= 0.6 is 0 Å². The molecule has 1 fully saturated rings. The molecule has 0 aliphatic carbocycles. The van der Waals surface area contributed by atoms with Crippen LogP contribution in [0.2, 0.25) is 0 Å². The topological polar surface area (TPSA) is 71.1 Å². The highest BCUT2D eigenvalue weighted by Crippen LogP contribution is 2.12.